The molecule has 0 heterocycles. The summed E-state index contributed by atoms with van der Waals surface area (Å²) in [5.74, 6) is -0.0698. The second-order valence-electron chi connectivity index (χ2n) is 4.91. The molecule has 0 spiro atoms. The quantitative estimate of drug-likeness (QED) is 0.833. The van der Waals surface area contributed by atoms with E-state index in [1.54, 1.807) is 0 Å². The average molecular weight is 233 g/mol. The highest BCUT2D eigenvalue weighted by molar-refractivity contribution is 5.98. The Bertz CT molecular complexity index is 424. The molecule has 92 valence electrons. The number of carbonyl (C=O) groups excluding carboxylic acids is 1. The van der Waals surface area contributed by atoms with Crippen molar-refractivity contribution < 1.29 is 4.79 Å². The molecule has 17 heavy (non-hydrogen) atoms. The van der Waals surface area contributed by atoms with Gasteiger partial charge in [-0.1, -0.05) is 6.07 Å². The summed E-state index contributed by atoms with van der Waals surface area (Å²) in [6.07, 6.45) is 2.61. The van der Waals surface area contributed by atoms with E-state index in [0.717, 1.165) is 30.6 Å². The topological polar surface area (TPSA) is 58.4 Å². The van der Waals surface area contributed by atoms with Gasteiger partial charge in [-0.2, -0.15) is 0 Å². The van der Waals surface area contributed by atoms with E-state index in [0.29, 0.717) is 0 Å². The van der Waals surface area contributed by atoms with Gasteiger partial charge in [-0.15, -0.1) is 0 Å². The van der Waals surface area contributed by atoms with Gasteiger partial charge in [0.2, 0.25) is 5.91 Å². The molecule has 0 unspecified atom stereocenters. The fraction of sp³-hybridized carbons (Fsp3) is 0.462. The molecule has 3 N–H and O–H groups in total. The number of carbonyl (C=O) groups is 1. The smallest absolute Gasteiger partial charge is 0.244 e. The van der Waals surface area contributed by atoms with E-state index in [9.17, 15) is 4.79 Å². The van der Waals surface area contributed by atoms with Gasteiger partial charge in [0.1, 0.15) is 0 Å². The van der Waals surface area contributed by atoms with Gasteiger partial charge in [-0.25, -0.2) is 0 Å². The van der Waals surface area contributed by atoms with Gasteiger partial charge in [-0.05, 0) is 37.5 Å². The van der Waals surface area contributed by atoms with E-state index in [1.807, 2.05) is 43.3 Å². The molecule has 0 radical (unpaired) electrons. The number of hydrogen-bond donors (Lipinski definition) is 2. The zero-order valence-electron chi connectivity index (χ0n) is 10.4. The highest BCUT2D eigenvalue weighted by atomic mass is 16.2. The van der Waals surface area contributed by atoms with Crippen molar-refractivity contribution in [1.82, 2.24) is 0 Å². The first kappa shape index (κ1) is 11.9. The summed E-state index contributed by atoms with van der Waals surface area (Å²) in [5.41, 5.74) is 7.19. The number of hydrogen-bond acceptors (Lipinski definition) is 3. The molecule has 1 aliphatic rings. The first-order valence-corrected chi connectivity index (χ1v) is 5.89. The highest BCUT2D eigenvalue weighted by Crippen LogP contribution is 2.30. The minimum Gasteiger partial charge on any atom is -0.378 e. The van der Waals surface area contributed by atoms with Gasteiger partial charge in [0, 0.05) is 25.5 Å². The van der Waals surface area contributed by atoms with Crippen molar-refractivity contribution in [3.05, 3.63) is 24.3 Å². The van der Waals surface area contributed by atoms with Crippen LogP contribution < -0.4 is 16.0 Å². The van der Waals surface area contributed by atoms with Crippen LogP contribution in [0.3, 0.4) is 0 Å². The van der Waals surface area contributed by atoms with E-state index in [1.165, 1.54) is 0 Å². The molecule has 1 aliphatic carbocycles. The lowest BCUT2D eigenvalue weighted by atomic mass is 9.77. The highest BCUT2D eigenvalue weighted by Gasteiger charge is 2.40. The Kier molecular flexibility index (Phi) is 3.07. The monoisotopic (exact) mass is 233 g/mol. The van der Waals surface area contributed by atoms with Gasteiger partial charge in [0.15, 0.2) is 0 Å². The number of rotatable bonds is 3. The van der Waals surface area contributed by atoms with Crippen molar-refractivity contribution in [2.45, 2.75) is 24.8 Å². The lowest BCUT2D eigenvalue weighted by molar-refractivity contribution is -0.123. The van der Waals surface area contributed by atoms with Crippen LogP contribution in [0.25, 0.3) is 0 Å². The third-order valence-electron chi connectivity index (χ3n) is 3.32. The predicted octanol–water partition coefficient (Wildman–Crippen LogP) is 1.57. The number of nitrogens with zero attached hydrogens (tertiary/aromatic N) is 1. The zero-order chi connectivity index (χ0) is 12.5. The molecule has 4 nitrogen and oxygen atoms in total. The SMILES string of the molecule is CN(C)c1cccc(NC(=O)C2(N)CCC2)c1. The molecule has 0 aliphatic heterocycles. The second kappa shape index (κ2) is 4.37. The minimum absolute atomic E-state index is 0.0698. The van der Waals surface area contributed by atoms with Crippen LogP contribution in [0.5, 0.6) is 0 Å². The fourth-order valence-electron chi connectivity index (χ4n) is 1.90. The minimum atomic E-state index is -0.645. The van der Waals surface area contributed by atoms with Crippen LogP contribution in [0.1, 0.15) is 19.3 Å². The van der Waals surface area contributed by atoms with E-state index in [4.69, 9.17) is 5.73 Å². The molecule has 4 heteroatoms. The molecule has 0 aromatic heterocycles. The van der Waals surface area contributed by atoms with Gasteiger partial charge in [0.25, 0.3) is 0 Å². The number of benzene rings is 1. The van der Waals surface area contributed by atoms with Crippen LogP contribution in [0, 0.1) is 0 Å². The van der Waals surface area contributed by atoms with Crippen molar-refractivity contribution in [2.75, 3.05) is 24.3 Å². The second-order valence-corrected chi connectivity index (χ2v) is 4.91. The maximum Gasteiger partial charge on any atom is 0.244 e. The van der Waals surface area contributed by atoms with Crippen LogP contribution in [0.2, 0.25) is 0 Å². The Balaban J connectivity index is 2.08. The Labute approximate surface area is 102 Å². The molecule has 1 amide bonds. The maximum absolute atomic E-state index is 11.9. The normalized spacial score (nSPS) is 17.1. The van der Waals surface area contributed by atoms with Gasteiger partial charge in [-0.3, -0.25) is 4.79 Å². The third-order valence-corrected chi connectivity index (χ3v) is 3.32. The molecule has 0 bridgehead atoms. The van der Waals surface area contributed by atoms with E-state index >= 15 is 0 Å². The summed E-state index contributed by atoms with van der Waals surface area (Å²) in [5, 5.41) is 2.89. The van der Waals surface area contributed by atoms with E-state index in [-0.39, 0.29) is 5.91 Å². The lowest BCUT2D eigenvalue weighted by Crippen LogP contribution is -2.56. The van der Waals surface area contributed by atoms with Crippen LogP contribution in [-0.4, -0.2) is 25.5 Å². The molecule has 1 aromatic carbocycles. The van der Waals surface area contributed by atoms with Crippen molar-refractivity contribution in [1.29, 1.82) is 0 Å². The van der Waals surface area contributed by atoms with Crippen molar-refractivity contribution in [3.63, 3.8) is 0 Å². The van der Waals surface area contributed by atoms with Gasteiger partial charge in [0.05, 0.1) is 5.54 Å². The fourth-order valence-corrected chi connectivity index (χ4v) is 1.90. The summed E-state index contributed by atoms with van der Waals surface area (Å²) in [6.45, 7) is 0. The van der Waals surface area contributed by atoms with Gasteiger partial charge >= 0.3 is 0 Å². The molecule has 1 saturated carbocycles. The third kappa shape index (κ3) is 2.42. The van der Waals surface area contributed by atoms with Crippen LogP contribution in [0.15, 0.2) is 24.3 Å². The van der Waals surface area contributed by atoms with Crippen molar-refractivity contribution in [3.8, 4) is 0 Å². The molecule has 0 atom stereocenters. The molecule has 0 saturated heterocycles. The first-order chi connectivity index (χ1) is 8.01. The maximum atomic E-state index is 11.9. The Hall–Kier alpha value is -1.55. The van der Waals surface area contributed by atoms with Crippen molar-refractivity contribution >= 4 is 17.3 Å². The van der Waals surface area contributed by atoms with Crippen molar-refractivity contribution in [2.24, 2.45) is 5.73 Å². The molecular formula is C13H19N3O. The summed E-state index contributed by atoms with van der Waals surface area (Å²) in [4.78, 5) is 13.9. The predicted molar refractivity (Wildman–Crippen MR) is 70.2 cm³/mol. The molecule has 2 rings (SSSR count). The number of nitrogens with two attached hydrogens (primary N) is 1. The number of anilines is 2. The standard InChI is InChI=1S/C13H19N3O/c1-16(2)11-6-3-5-10(9-11)15-12(17)13(14)7-4-8-13/h3,5-6,9H,4,7-8,14H2,1-2H3,(H,15,17). The zero-order valence-corrected chi connectivity index (χ0v) is 10.4. The number of amides is 1. The first-order valence-electron chi connectivity index (χ1n) is 5.89. The average Bonchev–Trinajstić information content (AvgIpc) is 2.26. The van der Waals surface area contributed by atoms with Crippen LogP contribution in [0.4, 0.5) is 11.4 Å². The molecule has 1 aromatic rings. The van der Waals surface area contributed by atoms with Crippen LogP contribution >= 0.6 is 0 Å². The summed E-state index contributed by atoms with van der Waals surface area (Å²) in [7, 11) is 3.94. The summed E-state index contributed by atoms with van der Waals surface area (Å²) in [6, 6.07) is 7.75. The van der Waals surface area contributed by atoms with E-state index < -0.39 is 5.54 Å². The lowest BCUT2D eigenvalue weighted by Gasteiger charge is -2.36. The summed E-state index contributed by atoms with van der Waals surface area (Å²) < 4.78 is 0. The van der Waals surface area contributed by atoms with Crippen LogP contribution in [-0.2, 0) is 4.79 Å². The van der Waals surface area contributed by atoms with E-state index in [2.05, 4.69) is 5.32 Å². The summed E-state index contributed by atoms with van der Waals surface area (Å²) >= 11 is 0. The molecular weight excluding hydrogens is 214 g/mol. The Morgan fingerprint density at radius 1 is 1.41 bits per heavy atom. The van der Waals surface area contributed by atoms with Gasteiger partial charge < -0.3 is 16.0 Å². The molecule has 1 fully saturated rings. The Morgan fingerprint density at radius 2 is 2.12 bits per heavy atom. The number of nitrogens with one attached hydrogen (secondary N) is 1. The Morgan fingerprint density at radius 3 is 2.65 bits per heavy atom. The largest absolute Gasteiger partial charge is 0.378 e.